The first-order valence-electron chi connectivity index (χ1n) is 7.42. The summed E-state index contributed by atoms with van der Waals surface area (Å²) in [6.07, 6.45) is 6.21. The Balaban J connectivity index is 1.68. The van der Waals surface area contributed by atoms with Crippen molar-refractivity contribution in [3.05, 3.63) is 41.9 Å². The smallest absolute Gasteiger partial charge is 0.320 e. The second-order valence-corrected chi connectivity index (χ2v) is 5.25. The van der Waals surface area contributed by atoms with Gasteiger partial charge in [-0.2, -0.15) is 5.10 Å². The van der Waals surface area contributed by atoms with Crippen molar-refractivity contribution in [1.82, 2.24) is 20.1 Å². The molecule has 2 aromatic rings. The zero-order valence-corrected chi connectivity index (χ0v) is 12.2. The normalized spacial score (nSPS) is 16.9. The number of rotatable bonds is 4. The number of pyridine rings is 1. The number of nitrogens with one attached hydrogen (secondary N) is 2. The molecule has 0 aromatic carbocycles. The quantitative estimate of drug-likeness (QED) is 0.797. The zero-order chi connectivity index (χ0) is 15.4. The van der Waals surface area contributed by atoms with Crippen molar-refractivity contribution in [2.45, 2.75) is 31.8 Å². The minimum Gasteiger partial charge on any atom is -0.394 e. The van der Waals surface area contributed by atoms with Gasteiger partial charge in [-0.3, -0.25) is 10.00 Å². The molecule has 1 aliphatic carbocycles. The number of urea groups is 1. The highest BCUT2D eigenvalue weighted by Crippen LogP contribution is 2.29. The van der Waals surface area contributed by atoms with Gasteiger partial charge in [0, 0.05) is 17.5 Å². The number of anilines is 1. The third-order valence-electron chi connectivity index (χ3n) is 3.79. The summed E-state index contributed by atoms with van der Waals surface area (Å²) >= 11 is 0. The van der Waals surface area contributed by atoms with Gasteiger partial charge in [0.2, 0.25) is 0 Å². The first-order chi connectivity index (χ1) is 10.8. The fourth-order valence-corrected chi connectivity index (χ4v) is 2.80. The van der Waals surface area contributed by atoms with Crippen LogP contribution in [0.5, 0.6) is 0 Å². The van der Waals surface area contributed by atoms with E-state index in [1.54, 1.807) is 24.5 Å². The third kappa shape index (κ3) is 3.09. The van der Waals surface area contributed by atoms with E-state index in [-0.39, 0.29) is 18.7 Å². The SMILES string of the molecule is O=C(Nc1ccccn1)N[C@H]1CCCc2c1cnn2CCO. The molecule has 0 fully saturated rings. The van der Waals surface area contributed by atoms with Gasteiger partial charge in [-0.1, -0.05) is 6.07 Å². The van der Waals surface area contributed by atoms with Gasteiger partial charge < -0.3 is 10.4 Å². The first kappa shape index (κ1) is 14.5. The lowest BCUT2D eigenvalue weighted by molar-refractivity contribution is 0.246. The van der Waals surface area contributed by atoms with Crippen LogP contribution in [0.3, 0.4) is 0 Å². The predicted molar refractivity (Wildman–Crippen MR) is 81.4 cm³/mol. The number of amides is 2. The van der Waals surface area contributed by atoms with E-state index in [4.69, 9.17) is 5.11 Å². The average Bonchev–Trinajstić information content (AvgIpc) is 2.93. The Hall–Kier alpha value is -2.41. The Morgan fingerprint density at radius 2 is 2.36 bits per heavy atom. The van der Waals surface area contributed by atoms with Crippen molar-refractivity contribution in [2.24, 2.45) is 0 Å². The first-order valence-corrected chi connectivity index (χ1v) is 7.42. The van der Waals surface area contributed by atoms with Crippen LogP contribution in [0.4, 0.5) is 10.6 Å². The molecule has 2 aromatic heterocycles. The van der Waals surface area contributed by atoms with Gasteiger partial charge >= 0.3 is 6.03 Å². The van der Waals surface area contributed by atoms with Crippen molar-refractivity contribution in [3.63, 3.8) is 0 Å². The fourth-order valence-electron chi connectivity index (χ4n) is 2.80. The number of aromatic nitrogens is 3. The molecule has 22 heavy (non-hydrogen) atoms. The maximum atomic E-state index is 12.1. The van der Waals surface area contributed by atoms with Gasteiger partial charge in [-0.25, -0.2) is 9.78 Å². The molecule has 0 saturated carbocycles. The van der Waals surface area contributed by atoms with E-state index in [1.165, 1.54) is 0 Å². The van der Waals surface area contributed by atoms with Gasteiger partial charge in [-0.15, -0.1) is 0 Å². The summed E-state index contributed by atoms with van der Waals surface area (Å²) < 4.78 is 1.82. The summed E-state index contributed by atoms with van der Waals surface area (Å²) in [7, 11) is 0. The van der Waals surface area contributed by atoms with Crippen molar-refractivity contribution in [1.29, 1.82) is 0 Å². The molecule has 3 rings (SSSR count). The van der Waals surface area contributed by atoms with E-state index < -0.39 is 0 Å². The highest BCUT2D eigenvalue weighted by atomic mass is 16.3. The van der Waals surface area contributed by atoms with Gasteiger partial charge in [0.1, 0.15) is 5.82 Å². The number of hydrogen-bond acceptors (Lipinski definition) is 4. The van der Waals surface area contributed by atoms with Crippen LogP contribution in [-0.2, 0) is 13.0 Å². The average molecular weight is 301 g/mol. The number of carbonyl (C=O) groups excluding carboxylic acids is 1. The zero-order valence-electron chi connectivity index (χ0n) is 12.2. The second-order valence-electron chi connectivity index (χ2n) is 5.25. The molecule has 0 saturated heterocycles. The van der Waals surface area contributed by atoms with E-state index in [0.717, 1.165) is 30.5 Å². The van der Waals surface area contributed by atoms with Gasteiger partial charge in [-0.05, 0) is 31.4 Å². The number of aliphatic hydroxyl groups excluding tert-OH is 1. The van der Waals surface area contributed by atoms with Gasteiger partial charge in [0.15, 0.2) is 0 Å². The van der Waals surface area contributed by atoms with E-state index in [1.807, 2.05) is 10.7 Å². The molecule has 2 heterocycles. The minimum atomic E-state index is -0.272. The van der Waals surface area contributed by atoms with Crippen LogP contribution >= 0.6 is 0 Å². The Morgan fingerprint density at radius 1 is 1.45 bits per heavy atom. The monoisotopic (exact) mass is 301 g/mol. The van der Waals surface area contributed by atoms with Crippen LogP contribution in [0.25, 0.3) is 0 Å². The van der Waals surface area contributed by atoms with Crippen LogP contribution in [0.1, 0.15) is 30.1 Å². The van der Waals surface area contributed by atoms with Crippen LogP contribution < -0.4 is 10.6 Å². The van der Waals surface area contributed by atoms with E-state index in [0.29, 0.717) is 12.4 Å². The van der Waals surface area contributed by atoms with E-state index >= 15 is 0 Å². The summed E-state index contributed by atoms with van der Waals surface area (Å²) in [5.41, 5.74) is 2.14. The molecule has 0 aliphatic heterocycles. The van der Waals surface area contributed by atoms with Crippen molar-refractivity contribution >= 4 is 11.8 Å². The molecule has 1 aliphatic rings. The number of nitrogens with zero attached hydrogens (tertiary/aromatic N) is 3. The molecule has 0 spiro atoms. The number of hydrogen-bond donors (Lipinski definition) is 3. The Labute approximate surface area is 128 Å². The predicted octanol–water partition coefficient (Wildman–Crippen LogP) is 1.47. The third-order valence-corrected chi connectivity index (χ3v) is 3.79. The van der Waals surface area contributed by atoms with Gasteiger partial charge in [0.05, 0.1) is 25.4 Å². The lowest BCUT2D eigenvalue weighted by Crippen LogP contribution is -2.34. The topological polar surface area (TPSA) is 92.1 Å². The molecular weight excluding hydrogens is 282 g/mol. The molecule has 7 nitrogen and oxygen atoms in total. The highest BCUT2D eigenvalue weighted by molar-refractivity contribution is 5.88. The molecule has 0 unspecified atom stereocenters. The van der Waals surface area contributed by atoms with E-state index in [9.17, 15) is 4.79 Å². The Kier molecular flexibility index (Phi) is 4.34. The number of aliphatic hydroxyl groups is 1. The number of fused-ring (bicyclic) bond motifs is 1. The standard InChI is InChI=1S/C15H19N5O2/c21-9-8-20-13-5-3-4-12(11(13)10-17-20)18-15(22)19-14-6-1-2-7-16-14/h1-2,6-7,10,12,21H,3-5,8-9H2,(H2,16,18,19,22)/t12-/m0/s1. The largest absolute Gasteiger partial charge is 0.394 e. The molecule has 7 heteroatoms. The summed E-state index contributed by atoms with van der Waals surface area (Å²) in [6, 6.07) is 5.03. The summed E-state index contributed by atoms with van der Waals surface area (Å²) in [4.78, 5) is 16.2. The van der Waals surface area contributed by atoms with Crippen LogP contribution in [-0.4, -0.2) is 32.5 Å². The maximum Gasteiger partial charge on any atom is 0.320 e. The molecular formula is C15H19N5O2. The number of carbonyl (C=O) groups is 1. The Morgan fingerprint density at radius 3 is 3.14 bits per heavy atom. The fraction of sp³-hybridized carbons (Fsp3) is 0.400. The highest BCUT2D eigenvalue weighted by Gasteiger charge is 2.25. The molecule has 0 radical (unpaired) electrons. The summed E-state index contributed by atoms with van der Waals surface area (Å²) in [5.74, 6) is 0.520. The van der Waals surface area contributed by atoms with Crippen molar-refractivity contribution in [2.75, 3.05) is 11.9 Å². The Bertz CT molecular complexity index is 641. The maximum absolute atomic E-state index is 12.1. The molecule has 116 valence electrons. The lowest BCUT2D eigenvalue weighted by Gasteiger charge is -2.24. The molecule has 2 amide bonds. The molecule has 0 bridgehead atoms. The van der Waals surface area contributed by atoms with Crippen molar-refractivity contribution in [3.8, 4) is 0 Å². The minimum absolute atomic E-state index is 0.0556. The van der Waals surface area contributed by atoms with E-state index in [2.05, 4.69) is 20.7 Å². The van der Waals surface area contributed by atoms with Crippen LogP contribution in [0.2, 0.25) is 0 Å². The van der Waals surface area contributed by atoms with Crippen LogP contribution in [0.15, 0.2) is 30.6 Å². The summed E-state index contributed by atoms with van der Waals surface area (Å²) in [5, 5.41) is 19.1. The molecule has 1 atom stereocenters. The molecule has 3 N–H and O–H groups in total. The summed E-state index contributed by atoms with van der Waals surface area (Å²) in [6.45, 7) is 0.550. The van der Waals surface area contributed by atoms with Gasteiger partial charge in [0.25, 0.3) is 0 Å². The van der Waals surface area contributed by atoms with Crippen molar-refractivity contribution < 1.29 is 9.90 Å². The second kappa shape index (κ2) is 6.57. The van der Waals surface area contributed by atoms with Crippen LogP contribution in [0, 0.1) is 0 Å². The lowest BCUT2D eigenvalue weighted by atomic mass is 9.93.